The maximum Gasteiger partial charge on any atom is 0.235 e. The lowest BCUT2D eigenvalue weighted by Gasteiger charge is -2.12. The third-order valence-electron chi connectivity index (χ3n) is 21.3. The van der Waals surface area contributed by atoms with Crippen molar-refractivity contribution >= 4 is 119 Å². The number of thiophene rings is 1. The van der Waals surface area contributed by atoms with Gasteiger partial charge in [0.15, 0.2) is 5.82 Å². The molecule has 7 nitrogen and oxygen atoms in total. The van der Waals surface area contributed by atoms with Crippen LogP contribution in [0.3, 0.4) is 0 Å². The number of benzene rings is 16. The molecule has 0 atom stereocenters. The molecule has 6 heterocycles. The summed E-state index contributed by atoms with van der Waals surface area (Å²) in [6.45, 7) is 0. The minimum atomic E-state index is 0.664. The molecule has 16 aromatic carbocycles. The minimum Gasteiger partial charge on any atom is -0.309 e. The van der Waals surface area contributed by atoms with Crippen LogP contribution >= 0.6 is 11.3 Å². The smallest absolute Gasteiger partial charge is 0.235 e. The first-order valence-corrected chi connectivity index (χ1v) is 37.4. The Balaban J connectivity index is 0.000000138. The second-order valence-electron chi connectivity index (χ2n) is 27.6. The van der Waals surface area contributed by atoms with Crippen LogP contribution in [0.2, 0.25) is 0 Å². The van der Waals surface area contributed by atoms with Crippen molar-refractivity contribution in [3.8, 4) is 95.7 Å². The predicted octanol–water partition coefficient (Wildman–Crippen LogP) is 26.6. The van der Waals surface area contributed by atoms with Gasteiger partial charge in [-0.1, -0.05) is 267 Å². The Bertz CT molecular complexity index is 7290. The summed E-state index contributed by atoms with van der Waals surface area (Å²) in [5.74, 6) is 1.38. The van der Waals surface area contributed by atoms with Crippen LogP contribution in [-0.4, -0.2) is 33.6 Å². The van der Waals surface area contributed by atoms with Gasteiger partial charge in [-0.3, -0.25) is 4.57 Å². The van der Waals surface area contributed by atoms with E-state index in [2.05, 4.69) is 372 Å². The van der Waals surface area contributed by atoms with Crippen molar-refractivity contribution < 1.29 is 0 Å². The quantitative estimate of drug-likeness (QED) is 0.137. The van der Waals surface area contributed by atoms with Crippen LogP contribution in [0.4, 0.5) is 0 Å². The molecule has 0 saturated carbocycles. The molecule has 504 valence electrons. The van der Waals surface area contributed by atoms with E-state index in [-0.39, 0.29) is 0 Å². The first kappa shape index (κ1) is 62.4. The van der Waals surface area contributed by atoms with E-state index in [1.54, 1.807) is 0 Å². The van der Waals surface area contributed by atoms with Crippen molar-refractivity contribution in [3.63, 3.8) is 0 Å². The molecule has 0 unspecified atom stereocenters. The third-order valence-corrected chi connectivity index (χ3v) is 22.5. The Morgan fingerprint density at radius 1 is 0.185 bits per heavy atom. The van der Waals surface area contributed by atoms with E-state index in [9.17, 15) is 0 Å². The number of hydrogen-bond acceptors (Lipinski definition) is 5. The molecule has 22 aromatic rings. The number of fused-ring (bicyclic) bond motifs is 14. The zero-order valence-corrected chi connectivity index (χ0v) is 59.2. The summed E-state index contributed by atoms with van der Waals surface area (Å²) in [6, 6.07) is 136. The number of rotatable bonds is 10. The van der Waals surface area contributed by atoms with Gasteiger partial charge in [-0.15, -0.1) is 11.3 Å². The monoisotopic (exact) mass is 1390 g/mol. The maximum absolute atomic E-state index is 5.25. The highest BCUT2D eigenvalue weighted by atomic mass is 32.1. The lowest BCUT2D eigenvalue weighted by molar-refractivity contribution is 1.01. The lowest BCUT2D eigenvalue weighted by atomic mass is 9.97. The summed E-state index contributed by atoms with van der Waals surface area (Å²) >= 11 is 1.86. The van der Waals surface area contributed by atoms with E-state index >= 15 is 0 Å². The van der Waals surface area contributed by atoms with Crippen molar-refractivity contribution in [2.45, 2.75) is 0 Å². The number of aromatic nitrogens is 7. The van der Waals surface area contributed by atoms with Gasteiger partial charge in [0.25, 0.3) is 0 Å². The average Bonchev–Trinajstić information content (AvgIpc) is 1.58. The summed E-state index contributed by atoms with van der Waals surface area (Å²) in [6.07, 6.45) is 0. The highest BCUT2D eigenvalue weighted by Gasteiger charge is 2.22. The third kappa shape index (κ3) is 10.7. The number of para-hydroxylation sites is 6. The fourth-order valence-electron chi connectivity index (χ4n) is 16.2. The topological polar surface area (TPSA) is 66.3 Å². The van der Waals surface area contributed by atoms with Gasteiger partial charge in [0.2, 0.25) is 5.95 Å². The van der Waals surface area contributed by atoms with Crippen LogP contribution in [0.15, 0.2) is 382 Å². The fourth-order valence-corrected chi connectivity index (χ4v) is 17.3. The summed E-state index contributed by atoms with van der Waals surface area (Å²) in [5.41, 5.74) is 25.6. The molecule has 0 N–H and O–H groups in total. The van der Waals surface area contributed by atoms with Crippen molar-refractivity contribution in [3.05, 3.63) is 382 Å². The molecule has 8 heteroatoms. The van der Waals surface area contributed by atoms with Crippen LogP contribution in [0.5, 0.6) is 0 Å². The molecule has 6 aromatic heterocycles. The molecule has 0 radical (unpaired) electrons. The Labute approximate surface area is 626 Å². The van der Waals surface area contributed by atoms with Crippen LogP contribution in [0.25, 0.3) is 203 Å². The normalized spacial score (nSPS) is 11.7. The molecule has 0 bridgehead atoms. The molecule has 0 aliphatic rings. The van der Waals surface area contributed by atoms with Crippen molar-refractivity contribution in [2.24, 2.45) is 0 Å². The SMILES string of the molecule is c1ccc(-c2nc(-c3cccc(-n4c5ccccc5c5cc(-c6ccc(-c7ccc8sc9ccccc9c8c7)cc6)ccc54)c3)nc3ccccc23)cc1.c1ccc(-c2nc(-n3c4ccccc4c4cc(-c5cccc(-c6ccc7c(c6)c6ccccc6n7-c6ccccc6)c5)ccc43)nc3ccccc23)cc1. The van der Waals surface area contributed by atoms with Crippen LogP contribution in [0.1, 0.15) is 0 Å². The second-order valence-corrected chi connectivity index (χ2v) is 28.7. The highest BCUT2D eigenvalue weighted by molar-refractivity contribution is 7.25. The molecule has 0 fully saturated rings. The predicted molar refractivity (Wildman–Crippen MR) is 453 cm³/mol. The lowest BCUT2D eigenvalue weighted by Crippen LogP contribution is -2.03. The molecule has 0 aliphatic heterocycles. The maximum atomic E-state index is 5.25. The minimum absolute atomic E-state index is 0.664. The molecule has 0 aliphatic carbocycles. The van der Waals surface area contributed by atoms with Gasteiger partial charge in [0.05, 0.1) is 55.5 Å². The fraction of sp³-hybridized carbons (Fsp3) is 0. The molecular weight excluding hydrogens is 1330 g/mol. The molecule has 0 saturated heterocycles. The second kappa shape index (κ2) is 25.9. The molecular formula is C100H63N7S. The van der Waals surface area contributed by atoms with Crippen molar-refractivity contribution in [1.29, 1.82) is 0 Å². The summed E-state index contributed by atoms with van der Waals surface area (Å²) in [5, 5.41) is 12.0. The van der Waals surface area contributed by atoms with Crippen molar-refractivity contribution in [1.82, 2.24) is 33.6 Å². The summed E-state index contributed by atoms with van der Waals surface area (Å²) in [7, 11) is 0. The Kier molecular flexibility index (Phi) is 15.0. The van der Waals surface area contributed by atoms with Gasteiger partial charge < -0.3 is 9.13 Å². The highest BCUT2D eigenvalue weighted by Crippen LogP contribution is 2.43. The van der Waals surface area contributed by atoms with Crippen LogP contribution < -0.4 is 0 Å². The Hall–Kier alpha value is -14.2. The Morgan fingerprint density at radius 2 is 0.546 bits per heavy atom. The van der Waals surface area contributed by atoms with E-state index in [0.29, 0.717) is 11.8 Å². The van der Waals surface area contributed by atoms with Gasteiger partial charge in [0, 0.05) is 91.3 Å². The zero-order chi connectivity index (χ0) is 71.2. The largest absolute Gasteiger partial charge is 0.309 e. The molecule has 0 spiro atoms. The summed E-state index contributed by atoms with van der Waals surface area (Å²) in [4.78, 5) is 20.6. The van der Waals surface area contributed by atoms with Gasteiger partial charge in [-0.2, -0.15) is 0 Å². The van der Waals surface area contributed by atoms with Gasteiger partial charge in [-0.25, -0.2) is 19.9 Å². The van der Waals surface area contributed by atoms with Gasteiger partial charge in [-0.05, 0) is 160 Å². The number of hydrogen-bond donors (Lipinski definition) is 0. The van der Waals surface area contributed by atoms with Crippen LogP contribution in [-0.2, 0) is 0 Å². The first-order valence-electron chi connectivity index (χ1n) is 36.6. The van der Waals surface area contributed by atoms with E-state index in [1.165, 1.54) is 114 Å². The zero-order valence-electron chi connectivity index (χ0n) is 58.4. The Morgan fingerprint density at radius 3 is 1.12 bits per heavy atom. The molecule has 108 heavy (non-hydrogen) atoms. The number of nitrogens with zero attached hydrogens (tertiary/aromatic N) is 7. The first-order chi connectivity index (χ1) is 53.5. The van der Waals surface area contributed by atoms with E-state index in [0.717, 1.165) is 77.6 Å². The van der Waals surface area contributed by atoms with Gasteiger partial charge >= 0.3 is 0 Å². The molecule has 0 amide bonds. The van der Waals surface area contributed by atoms with E-state index < -0.39 is 0 Å². The summed E-state index contributed by atoms with van der Waals surface area (Å²) < 4.78 is 9.60. The molecule has 22 rings (SSSR count). The van der Waals surface area contributed by atoms with Gasteiger partial charge in [0.1, 0.15) is 0 Å². The van der Waals surface area contributed by atoms with Crippen LogP contribution in [0, 0.1) is 0 Å². The van der Waals surface area contributed by atoms with Crippen molar-refractivity contribution in [2.75, 3.05) is 0 Å². The standard InChI is InChI=1S/C50H32N4.C50H31N3S/c1-3-14-33(15-4-1)49-41-22-7-10-23-44(41)51-50(52-49)54-46-25-12-9-21-40(46)43-32-37(27-29-48(43)54)35-17-13-16-34(30-35)36-26-28-47-42(31-36)39-20-8-11-24-45(39)53(47)38-18-5-2-6-19-38;1-2-11-34(12-3-1)49-41-17-4-7-18-44(41)51-50(52-49)37-13-10-14-38(29-37)53-45-19-8-5-15-39(45)42-30-35(25-27-46(42)53)32-21-23-33(24-22-32)36-26-28-48-43(31-36)40-16-6-9-20-47(40)54-48/h1-32H;1-31H. The van der Waals surface area contributed by atoms with E-state index in [1.807, 2.05) is 35.6 Å². The average molecular weight is 1390 g/mol. The van der Waals surface area contributed by atoms with E-state index in [4.69, 9.17) is 19.9 Å².